The number of benzene rings is 2. The number of amides is 1. The van der Waals surface area contributed by atoms with Gasteiger partial charge in [-0.1, -0.05) is 36.4 Å². The summed E-state index contributed by atoms with van der Waals surface area (Å²) < 4.78 is 5.77. The number of rotatable bonds is 4. The molecule has 0 saturated carbocycles. The van der Waals surface area contributed by atoms with Gasteiger partial charge in [-0.05, 0) is 48.9 Å². The number of para-hydroxylation sites is 2. The third-order valence-electron chi connectivity index (χ3n) is 5.24. The van der Waals surface area contributed by atoms with Crippen molar-refractivity contribution in [2.75, 3.05) is 13.2 Å². The van der Waals surface area contributed by atoms with Gasteiger partial charge in [-0.2, -0.15) is 0 Å². The Labute approximate surface area is 153 Å². The van der Waals surface area contributed by atoms with Gasteiger partial charge in [-0.25, -0.2) is 0 Å². The van der Waals surface area contributed by atoms with Crippen LogP contribution in [0.3, 0.4) is 0 Å². The number of ether oxygens (including phenoxy) is 1. The van der Waals surface area contributed by atoms with E-state index in [9.17, 15) is 4.79 Å². The van der Waals surface area contributed by atoms with E-state index in [2.05, 4.69) is 47.7 Å². The second-order valence-corrected chi connectivity index (χ2v) is 7.00. The maximum Gasteiger partial charge on any atom is 0.223 e. The highest BCUT2D eigenvalue weighted by Gasteiger charge is 2.23. The summed E-state index contributed by atoms with van der Waals surface area (Å²) >= 11 is 0. The quantitative estimate of drug-likeness (QED) is 0.754. The molecule has 0 bridgehead atoms. The molecule has 1 aliphatic heterocycles. The average molecular weight is 348 g/mol. The fraction of sp³-hybridized carbons (Fsp3) is 0.318. The number of aryl methyl sites for hydroxylation is 1. The van der Waals surface area contributed by atoms with E-state index in [1.54, 1.807) is 0 Å². The van der Waals surface area contributed by atoms with Crippen molar-refractivity contribution in [1.82, 2.24) is 10.3 Å². The summed E-state index contributed by atoms with van der Waals surface area (Å²) in [4.78, 5) is 16.0. The number of carbonyl (C=O) groups is 1. The predicted octanol–water partition coefficient (Wildman–Crippen LogP) is 3.78. The first kappa shape index (κ1) is 16.7. The minimum atomic E-state index is -0.0242. The van der Waals surface area contributed by atoms with Crippen molar-refractivity contribution in [3.05, 3.63) is 65.4 Å². The number of hydrogen-bond donors (Lipinski definition) is 2. The van der Waals surface area contributed by atoms with E-state index < -0.39 is 0 Å². The molecule has 2 N–H and O–H groups in total. The van der Waals surface area contributed by atoms with Crippen molar-refractivity contribution < 1.29 is 9.53 Å². The van der Waals surface area contributed by atoms with Crippen molar-refractivity contribution in [1.29, 1.82) is 0 Å². The van der Waals surface area contributed by atoms with Gasteiger partial charge >= 0.3 is 0 Å². The fourth-order valence-electron chi connectivity index (χ4n) is 3.75. The van der Waals surface area contributed by atoms with Gasteiger partial charge in [0.25, 0.3) is 0 Å². The van der Waals surface area contributed by atoms with Crippen LogP contribution in [0.25, 0.3) is 10.9 Å². The molecule has 4 rings (SSSR count). The molecule has 4 nitrogen and oxygen atoms in total. The van der Waals surface area contributed by atoms with Crippen molar-refractivity contribution in [3.63, 3.8) is 0 Å². The van der Waals surface area contributed by atoms with E-state index in [-0.39, 0.29) is 11.8 Å². The zero-order chi connectivity index (χ0) is 17.9. The molecule has 1 atom stereocenters. The molecule has 0 saturated heterocycles. The Hall–Kier alpha value is -2.75. The largest absolute Gasteiger partial charge is 0.493 e. The van der Waals surface area contributed by atoms with Crippen LogP contribution in [0.5, 0.6) is 5.75 Å². The maximum atomic E-state index is 12.6. The van der Waals surface area contributed by atoms with Gasteiger partial charge in [0, 0.05) is 29.6 Å². The van der Waals surface area contributed by atoms with E-state index in [0.717, 1.165) is 30.6 Å². The third kappa shape index (κ3) is 3.32. The molecule has 1 amide bonds. The number of nitrogens with one attached hydrogen (secondary N) is 2. The molecule has 134 valence electrons. The van der Waals surface area contributed by atoms with E-state index in [4.69, 9.17) is 4.74 Å². The van der Waals surface area contributed by atoms with Crippen molar-refractivity contribution in [3.8, 4) is 5.75 Å². The van der Waals surface area contributed by atoms with Crippen LogP contribution in [0.2, 0.25) is 0 Å². The third-order valence-corrected chi connectivity index (χ3v) is 5.24. The van der Waals surface area contributed by atoms with Crippen LogP contribution < -0.4 is 10.1 Å². The van der Waals surface area contributed by atoms with Crippen LogP contribution in [0, 0.1) is 12.8 Å². The topological polar surface area (TPSA) is 54.1 Å². The molecule has 2 heterocycles. The van der Waals surface area contributed by atoms with E-state index in [1.165, 1.54) is 22.0 Å². The van der Waals surface area contributed by atoms with Crippen molar-refractivity contribution in [2.45, 2.75) is 26.2 Å². The number of aromatic amines is 1. The molecular formula is C22H24N2O2. The zero-order valence-corrected chi connectivity index (χ0v) is 15.0. The lowest BCUT2D eigenvalue weighted by Crippen LogP contribution is -2.33. The van der Waals surface area contributed by atoms with E-state index in [1.807, 2.05) is 18.2 Å². The summed E-state index contributed by atoms with van der Waals surface area (Å²) in [5.74, 6) is 1.02. The number of fused-ring (bicyclic) bond motifs is 2. The molecule has 1 aliphatic rings. The van der Waals surface area contributed by atoms with Gasteiger partial charge in [-0.15, -0.1) is 0 Å². The molecule has 0 spiro atoms. The van der Waals surface area contributed by atoms with E-state index >= 15 is 0 Å². The Morgan fingerprint density at radius 3 is 3.04 bits per heavy atom. The summed E-state index contributed by atoms with van der Waals surface area (Å²) in [6.45, 7) is 3.35. The molecule has 3 aromatic rings. The average Bonchev–Trinajstić information content (AvgIpc) is 2.94. The molecule has 26 heavy (non-hydrogen) atoms. The lowest BCUT2D eigenvalue weighted by Gasteiger charge is -2.14. The minimum Gasteiger partial charge on any atom is -0.493 e. The first-order valence-corrected chi connectivity index (χ1v) is 9.26. The Morgan fingerprint density at radius 1 is 1.23 bits per heavy atom. The molecule has 0 radical (unpaired) electrons. The summed E-state index contributed by atoms with van der Waals surface area (Å²) in [5, 5.41) is 4.37. The molecule has 4 heteroatoms. The van der Waals surface area contributed by atoms with Crippen LogP contribution in [-0.4, -0.2) is 24.0 Å². The second-order valence-electron chi connectivity index (χ2n) is 7.00. The summed E-state index contributed by atoms with van der Waals surface area (Å²) in [6.07, 6.45) is 4.38. The Bertz CT molecular complexity index is 929. The van der Waals surface area contributed by atoms with Crippen LogP contribution in [-0.2, 0) is 17.6 Å². The zero-order valence-electron chi connectivity index (χ0n) is 15.0. The van der Waals surface area contributed by atoms with Gasteiger partial charge < -0.3 is 15.0 Å². The highest BCUT2D eigenvalue weighted by Crippen LogP contribution is 2.26. The molecule has 2 aromatic carbocycles. The van der Waals surface area contributed by atoms with Gasteiger partial charge in [-0.3, -0.25) is 4.79 Å². The number of hydrogen-bond acceptors (Lipinski definition) is 2. The van der Waals surface area contributed by atoms with Crippen LogP contribution in [0.4, 0.5) is 0 Å². The summed E-state index contributed by atoms with van der Waals surface area (Å²) in [5.41, 5.74) is 4.80. The lowest BCUT2D eigenvalue weighted by molar-refractivity contribution is -0.125. The van der Waals surface area contributed by atoms with E-state index in [0.29, 0.717) is 13.2 Å². The Morgan fingerprint density at radius 2 is 2.12 bits per heavy atom. The highest BCUT2D eigenvalue weighted by molar-refractivity contribution is 5.86. The van der Waals surface area contributed by atoms with Gasteiger partial charge in [0.1, 0.15) is 5.75 Å². The molecular weight excluding hydrogens is 324 g/mol. The first-order valence-electron chi connectivity index (χ1n) is 9.26. The summed E-state index contributed by atoms with van der Waals surface area (Å²) in [6, 6.07) is 14.3. The fourth-order valence-corrected chi connectivity index (χ4v) is 3.75. The predicted molar refractivity (Wildman–Crippen MR) is 103 cm³/mol. The van der Waals surface area contributed by atoms with Gasteiger partial charge in [0.2, 0.25) is 5.91 Å². The van der Waals surface area contributed by atoms with Crippen LogP contribution in [0.15, 0.2) is 48.7 Å². The smallest absolute Gasteiger partial charge is 0.223 e. The Kier molecular flexibility index (Phi) is 4.65. The van der Waals surface area contributed by atoms with Crippen LogP contribution in [0.1, 0.15) is 23.1 Å². The number of aromatic nitrogens is 1. The van der Waals surface area contributed by atoms with Gasteiger partial charge in [0.05, 0.1) is 6.61 Å². The standard InChI is InChI=1S/C22H24N2O2/c1-15-5-4-7-19-18(14-24-21(15)19)9-11-23-22(25)17-10-12-26-20-8-3-2-6-16(20)13-17/h2-8,14,17,24H,9-13H2,1H3,(H,23,25). The Balaban J connectivity index is 1.37. The van der Waals surface area contributed by atoms with Crippen molar-refractivity contribution >= 4 is 16.8 Å². The second kappa shape index (κ2) is 7.24. The molecule has 1 unspecified atom stereocenters. The van der Waals surface area contributed by atoms with Crippen molar-refractivity contribution in [2.24, 2.45) is 5.92 Å². The highest BCUT2D eigenvalue weighted by atomic mass is 16.5. The minimum absolute atomic E-state index is 0.0242. The monoisotopic (exact) mass is 348 g/mol. The number of carbonyl (C=O) groups excluding carboxylic acids is 1. The van der Waals surface area contributed by atoms with Crippen LogP contribution >= 0.6 is 0 Å². The maximum absolute atomic E-state index is 12.6. The first-order chi connectivity index (χ1) is 12.7. The SMILES string of the molecule is Cc1cccc2c(CCNC(=O)C3CCOc4ccccc4C3)c[nH]c12. The van der Waals surface area contributed by atoms with Gasteiger partial charge in [0.15, 0.2) is 0 Å². The molecule has 0 aliphatic carbocycles. The molecule has 1 aromatic heterocycles. The lowest BCUT2D eigenvalue weighted by atomic mass is 9.96. The normalized spacial score (nSPS) is 16.6. The summed E-state index contributed by atoms with van der Waals surface area (Å²) in [7, 11) is 0. The molecule has 0 fully saturated rings. The number of H-pyrrole nitrogens is 1.